The Morgan fingerprint density at radius 1 is 1.28 bits per heavy atom. The third-order valence-electron chi connectivity index (χ3n) is 3.79. The average Bonchev–Trinajstić information content (AvgIpc) is 2.45. The molecule has 2 heterocycles. The van der Waals surface area contributed by atoms with Gasteiger partial charge in [-0.1, -0.05) is 23.2 Å². The van der Waals surface area contributed by atoms with Crippen LogP contribution in [0.1, 0.15) is 24.5 Å². The van der Waals surface area contributed by atoms with Crippen molar-refractivity contribution in [1.29, 1.82) is 0 Å². The van der Waals surface area contributed by atoms with Gasteiger partial charge >= 0.3 is 0 Å². The van der Waals surface area contributed by atoms with Gasteiger partial charge in [0.1, 0.15) is 0 Å². The molecule has 2 nitrogen and oxygen atoms in total. The van der Waals surface area contributed by atoms with Crippen molar-refractivity contribution in [2.24, 2.45) is 0 Å². The molecular formula is C13H12BrCl2NO. The molecule has 96 valence electrons. The van der Waals surface area contributed by atoms with Gasteiger partial charge in [0.05, 0.1) is 5.70 Å². The van der Waals surface area contributed by atoms with Gasteiger partial charge in [0.2, 0.25) is 5.72 Å². The highest BCUT2D eigenvalue weighted by atomic mass is 79.9. The van der Waals surface area contributed by atoms with Crippen molar-refractivity contribution in [3.05, 3.63) is 43.7 Å². The average molecular weight is 349 g/mol. The third kappa shape index (κ3) is 1.54. The highest BCUT2D eigenvalue weighted by Crippen LogP contribution is 2.53. The molecule has 1 saturated heterocycles. The van der Waals surface area contributed by atoms with Gasteiger partial charge in [0.25, 0.3) is 0 Å². The second kappa shape index (κ2) is 4.06. The van der Waals surface area contributed by atoms with E-state index in [1.54, 1.807) is 0 Å². The van der Waals surface area contributed by atoms with Gasteiger partial charge in [-0.3, -0.25) is 0 Å². The predicted molar refractivity (Wildman–Crippen MR) is 76.9 cm³/mol. The Morgan fingerprint density at radius 2 is 1.89 bits per heavy atom. The highest BCUT2D eigenvalue weighted by Gasteiger charge is 2.54. The number of benzene rings is 1. The van der Waals surface area contributed by atoms with E-state index in [-0.39, 0.29) is 0 Å². The van der Waals surface area contributed by atoms with E-state index in [1.807, 2.05) is 26.0 Å². The number of hydrogen-bond acceptors (Lipinski definition) is 2. The Hall–Kier alpha value is -0.380. The summed E-state index contributed by atoms with van der Waals surface area (Å²) < 4.78 is 6.80. The Balaban J connectivity index is 2.08. The third-order valence-corrected chi connectivity index (χ3v) is 5.31. The minimum absolute atomic E-state index is 0.413. The number of fused-ring (bicyclic) bond motifs is 1. The number of rotatable bonds is 1. The van der Waals surface area contributed by atoms with Crippen molar-refractivity contribution in [2.45, 2.75) is 26.0 Å². The molecule has 3 rings (SSSR count). The Bertz CT molecular complexity index is 549. The summed E-state index contributed by atoms with van der Waals surface area (Å²) in [6, 6.07) is 3.90. The minimum Gasteiger partial charge on any atom is -0.455 e. The van der Waals surface area contributed by atoms with Gasteiger partial charge in [-0.05, 0) is 47.5 Å². The topological polar surface area (TPSA) is 12.5 Å². The predicted octanol–water partition coefficient (Wildman–Crippen LogP) is 4.77. The van der Waals surface area contributed by atoms with Crippen molar-refractivity contribution >= 4 is 39.1 Å². The Labute approximate surface area is 125 Å². The number of hydrogen-bond donors (Lipinski definition) is 0. The lowest BCUT2D eigenvalue weighted by Gasteiger charge is -2.48. The SMILES string of the molecule is CC1=C(Br)OC2(c3cc(Cl)c(C)c(Cl)c3)CCN12. The first-order valence-corrected chi connectivity index (χ1v) is 7.30. The van der Waals surface area contributed by atoms with Crippen LogP contribution in [0.2, 0.25) is 10.0 Å². The van der Waals surface area contributed by atoms with Crippen LogP contribution in [0.25, 0.3) is 0 Å². The lowest BCUT2D eigenvalue weighted by atomic mass is 9.89. The van der Waals surface area contributed by atoms with Gasteiger partial charge in [-0.2, -0.15) is 0 Å². The molecule has 1 unspecified atom stereocenters. The van der Waals surface area contributed by atoms with Gasteiger partial charge in [-0.25, -0.2) is 0 Å². The highest BCUT2D eigenvalue weighted by molar-refractivity contribution is 9.11. The molecular weight excluding hydrogens is 337 g/mol. The van der Waals surface area contributed by atoms with E-state index in [4.69, 9.17) is 27.9 Å². The molecule has 0 saturated carbocycles. The molecule has 0 amide bonds. The first kappa shape index (κ1) is 12.6. The van der Waals surface area contributed by atoms with Crippen LogP contribution in [0.5, 0.6) is 0 Å². The van der Waals surface area contributed by atoms with Gasteiger partial charge in [0, 0.05) is 28.6 Å². The van der Waals surface area contributed by atoms with E-state index in [1.165, 1.54) is 0 Å². The summed E-state index contributed by atoms with van der Waals surface area (Å²) in [7, 11) is 0. The molecule has 5 heteroatoms. The monoisotopic (exact) mass is 347 g/mol. The molecule has 0 radical (unpaired) electrons. The molecule has 0 spiro atoms. The van der Waals surface area contributed by atoms with Crippen LogP contribution < -0.4 is 0 Å². The summed E-state index contributed by atoms with van der Waals surface area (Å²) in [6.45, 7) is 4.95. The summed E-state index contributed by atoms with van der Waals surface area (Å²) >= 11 is 15.9. The lowest BCUT2D eigenvalue weighted by Crippen LogP contribution is -2.54. The van der Waals surface area contributed by atoms with E-state index in [2.05, 4.69) is 20.8 Å². The number of halogens is 3. The maximum atomic E-state index is 6.22. The standard InChI is InChI=1S/C13H12BrCl2NO/c1-7-10(15)5-9(6-11(7)16)13-3-4-17(13)8(2)12(14)18-13/h5-6H,3-4H2,1-2H3. The van der Waals surface area contributed by atoms with Crippen LogP contribution in [-0.4, -0.2) is 11.4 Å². The van der Waals surface area contributed by atoms with Crippen molar-refractivity contribution < 1.29 is 4.74 Å². The Morgan fingerprint density at radius 3 is 2.33 bits per heavy atom. The van der Waals surface area contributed by atoms with Crippen molar-refractivity contribution in [2.75, 3.05) is 6.54 Å². The molecule has 18 heavy (non-hydrogen) atoms. The largest absolute Gasteiger partial charge is 0.455 e. The van der Waals surface area contributed by atoms with Gasteiger partial charge < -0.3 is 9.64 Å². The van der Waals surface area contributed by atoms with Crippen LogP contribution in [0.3, 0.4) is 0 Å². The van der Waals surface area contributed by atoms with Gasteiger partial charge in [-0.15, -0.1) is 0 Å². The second-order valence-electron chi connectivity index (χ2n) is 4.71. The maximum Gasteiger partial charge on any atom is 0.211 e. The van der Waals surface area contributed by atoms with Crippen molar-refractivity contribution in [3.63, 3.8) is 0 Å². The van der Waals surface area contributed by atoms with Crippen LogP contribution in [0.4, 0.5) is 0 Å². The summed E-state index contributed by atoms with van der Waals surface area (Å²) in [6.07, 6.45) is 0.940. The molecule has 2 aliphatic heterocycles. The van der Waals surface area contributed by atoms with Crippen LogP contribution in [0.15, 0.2) is 22.5 Å². The smallest absolute Gasteiger partial charge is 0.211 e. The molecule has 0 aliphatic carbocycles. The zero-order valence-corrected chi connectivity index (χ0v) is 13.2. The Kier molecular flexibility index (Phi) is 2.85. The first-order valence-electron chi connectivity index (χ1n) is 5.75. The number of nitrogens with zero attached hydrogens (tertiary/aromatic N) is 1. The summed E-state index contributed by atoms with van der Waals surface area (Å²) in [5.41, 5.74) is 2.63. The number of allylic oxidation sites excluding steroid dienone is 1. The maximum absolute atomic E-state index is 6.22. The zero-order valence-electron chi connectivity index (χ0n) is 10.1. The lowest BCUT2D eigenvalue weighted by molar-refractivity contribution is -0.148. The number of ether oxygens (including phenoxy) is 1. The van der Waals surface area contributed by atoms with Crippen LogP contribution in [-0.2, 0) is 10.5 Å². The minimum atomic E-state index is -0.413. The van der Waals surface area contributed by atoms with Crippen molar-refractivity contribution in [3.8, 4) is 0 Å². The molecule has 1 fully saturated rings. The van der Waals surface area contributed by atoms with E-state index in [9.17, 15) is 0 Å². The first-order chi connectivity index (χ1) is 8.45. The van der Waals surface area contributed by atoms with Gasteiger partial charge in [0.15, 0.2) is 4.67 Å². The van der Waals surface area contributed by atoms with Crippen LogP contribution >= 0.6 is 39.1 Å². The summed E-state index contributed by atoms with van der Waals surface area (Å²) in [5, 5.41) is 1.37. The fourth-order valence-electron chi connectivity index (χ4n) is 2.53. The normalized spacial score (nSPS) is 25.9. The molecule has 1 atom stereocenters. The van der Waals surface area contributed by atoms with Crippen LogP contribution in [0, 0.1) is 6.92 Å². The van der Waals surface area contributed by atoms with E-state index in [0.29, 0.717) is 10.0 Å². The molecule has 1 aromatic carbocycles. The van der Waals surface area contributed by atoms with Crippen molar-refractivity contribution in [1.82, 2.24) is 4.90 Å². The second-order valence-corrected chi connectivity index (χ2v) is 6.25. The molecule has 0 aromatic heterocycles. The molecule has 1 aromatic rings. The fraction of sp³-hybridized carbons (Fsp3) is 0.385. The molecule has 2 aliphatic rings. The summed E-state index contributed by atoms with van der Waals surface area (Å²) in [5.74, 6) is 0. The summed E-state index contributed by atoms with van der Waals surface area (Å²) in [4.78, 5) is 2.23. The van der Waals surface area contributed by atoms with E-state index in [0.717, 1.165) is 34.5 Å². The van der Waals surface area contributed by atoms with E-state index >= 15 is 0 Å². The molecule has 0 bridgehead atoms. The quantitative estimate of drug-likeness (QED) is 0.724. The molecule has 0 N–H and O–H groups in total. The van der Waals surface area contributed by atoms with E-state index < -0.39 is 5.72 Å². The fourth-order valence-corrected chi connectivity index (χ4v) is 3.50. The zero-order chi connectivity index (χ0) is 13.1.